The SMILES string of the molecule is Cc1cccc(C)c1NC(=O)N1CCSC1c1ccc2c(c1)OCO2. The largest absolute Gasteiger partial charge is 0.454 e. The number of carbonyl (C=O) groups is 1. The van der Waals surface area contributed by atoms with E-state index in [1.54, 1.807) is 11.8 Å². The first-order valence-corrected chi connectivity index (χ1v) is 9.33. The topological polar surface area (TPSA) is 50.8 Å². The van der Waals surface area contributed by atoms with Gasteiger partial charge in [0.2, 0.25) is 6.79 Å². The first kappa shape index (κ1) is 16.1. The number of para-hydroxylation sites is 1. The smallest absolute Gasteiger partial charge is 0.323 e. The van der Waals surface area contributed by atoms with Gasteiger partial charge in [0.1, 0.15) is 5.37 Å². The summed E-state index contributed by atoms with van der Waals surface area (Å²) in [6, 6.07) is 11.9. The number of anilines is 1. The van der Waals surface area contributed by atoms with Crippen LogP contribution in [0.4, 0.5) is 10.5 Å². The Bertz CT molecular complexity index is 804. The molecule has 0 bridgehead atoms. The second kappa shape index (κ2) is 6.52. The molecule has 0 saturated carbocycles. The molecule has 0 spiro atoms. The van der Waals surface area contributed by atoms with Gasteiger partial charge < -0.3 is 19.7 Å². The molecule has 1 fully saturated rings. The average molecular weight is 356 g/mol. The molecule has 2 aromatic rings. The summed E-state index contributed by atoms with van der Waals surface area (Å²) in [6.45, 7) is 5.00. The highest BCUT2D eigenvalue weighted by Gasteiger charge is 2.32. The predicted octanol–water partition coefficient (Wildman–Crippen LogP) is 4.31. The van der Waals surface area contributed by atoms with Gasteiger partial charge in [-0.3, -0.25) is 0 Å². The van der Waals surface area contributed by atoms with Crippen LogP contribution in [0.2, 0.25) is 0 Å². The second-order valence-corrected chi connectivity index (χ2v) is 7.41. The third-order valence-corrected chi connectivity index (χ3v) is 5.81. The number of fused-ring (bicyclic) bond motifs is 1. The predicted molar refractivity (Wildman–Crippen MR) is 99.4 cm³/mol. The minimum Gasteiger partial charge on any atom is -0.454 e. The van der Waals surface area contributed by atoms with E-state index < -0.39 is 0 Å². The molecule has 6 heteroatoms. The van der Waals surface area contributed by atoms with E-state index in [0.717, 1.165) is 46.2 Å². The Balaban J connectivity index is 1.56. The number of carbonyl (C=O) groups excluding carboxylic acids is 1. The first-order valence-electron chi connectivity index (χ1n) is 8.28. The number of ether oxygens (including phenoxy) is 2. The maximum Gasteiger partial charge on any atom is 0.323 e. The lowest BCUT2D eigenvalue weighted by molar-refractivity contribution is 0.174. The molecule has 2 amide bonds. The summed E-state index contributed by atoms with van der Waals surface area (Å²) in [5.41, 5.74) is 4.09. The van der Waals surface area contributed by atoms with Crippen molar-refractivity contribution in [3.8, 4) is 11.5 Å². The summed E-state index contributed by atoms with van der Waals surface area (Å²) in [5.74, 6) is 2.43. The number of urea groups is 1. The highest BCUT2D eigenvalue weighted by Crippen LogP contribution is 2.42. The maximum absolute atomic E-state index is 12.9. The van der Waals surface area contributed by atoms with Gasteiger partial charge >= 0.3 is 6.03 Å². The van der Waals surface area contributed by atoms with Gasteiger partial charge in [-0.25, -0.2) is 4.79 Å². The van der Waals surface area contributed by atoms with Crippen molar-refractivity contribution in [2.75, 3.05) is 24.4 Å². The molecule has 1 atom stereocenters. The highest BCUT2D eigenvalue weighted by atomic mass is 32.2. The van der Waals surface area contributed by atoms with Crippen molar-refractivity contribution in [2.24, 2.45) is 0 Å². The Morgan fingerprint density at radius 3 is 2.72 bits per heavy atom. The van der Waals surface area contributed by atoms with Crippen LogP contribution in [-0.4, -0.2) is 30.0 Å². The van der Waals surface area contributed by atoms with E-state index in [4.69, 9.17) is 9.47 Å². The van der Waals surface area contributed by atoms with Crippen molar-refractivity contribution in [2.45, 2.75) is 19.2 Å². The Labute approximate surface area is 151 Å². The standard InChI is InChI=1S/C19H20N2O3S/c1-12-4-3-5-13(2)17(12)20-19(22)21-8-9-25-18(21)14-6-7-15-16(10-14)24-11-23-15/h3-7,10,18H,8-9,11H2,1-2H3,(H,20,22). The number of amides is 2. The fraction of sp³-hybridized carbons (Fsp3) is 0.316. The molecule has 4 rings (SSSR count). The van der Waals surface area contributed by atoms with Crippen molar-refractivity contribution >= 4 is 23.5 Å². The summed E-state index contributed by atoms with van der Waals surface area (Å²) >= 11 is 1.77. The van der Waals surface area contributed by atoms with Crippen molar-refractivity contribution < 1.29 is 14.3 Å². The summed E-state index contributed by atoms with van der Waals surface area (Å²) in [5, 5.41) is 3.08. The van der Waals surface area contributed by atoms with Crippen LogP contribution in [0.3, 0.4) is 0 Å². The molecule has 2 heterocycles. The van der Waals surface area contributed by atoms with E-state index in [1.807, 2.05) is 55.1 Å². The summed E-state index contributed by atoms with van der Waals surface area (Å²) in [7, 11) is 0. The quantitative estimate of drug-likeness (QED) is 0.871. The van der Waals surface area contributed by atoms with Gasteiger partial charge in [-0.1, -0.05) is 24.3 Å². The van der Waals surface area contributed by atoms with Gasteiger partial charge in [0.05, 0.1) is 0 Å². The zero-order valence-corrected chi connectivity index (χ0v) is 15.1. The maximum atomic E-state index is 12.9. The van der Waals surface area contributed by atoms with Gasteiger partial charge in [-0.05, 0) is 42.7 Å². The summed E-state index contributed by atoms with van der Waals surface area (Å²) < 4.78 is 10.8. The molecule has 2 aromatic carbocycles. The molecule has 25 heavy (non-hydrogen) atoms. The van der Waals surface area contributed by atoms with Crippen LogP contribution in [0.5, 0.6) is 11.5 Å². The van der Waals surface area contributed by atoms with E-state index in [2.05, 4.69) is 5.32 Å². The van der Waals surface area contributed by atoms with E-state index in [9.17, 15) is 4.79 Å². The molecule has 1 N–H and O–H groups in total. The monoisotopic (exact) mass is 356 g/mol. The molecule has 0 radical (unpaired) electrons. The van der Waals surface area contributed by atoms with Crippen molar-refractivity contribution in [1.82, 2.24) is 4.90 Å². The number of aryl methyl sites for hydroxylation is 2. The first-order chi connectivity index (χ1) is 12.1. The molecule has 1 unspecified atom stereocenters. The van der Waals surface area contributed by atoms with Crippen LogP contribution in [0.15, 0.2) is 36.4 Å². The third kappa shape index (κ3) is 3.02. The number of nitrogens with zero attached hydrogens (tertiary/aromatic N) is 1. The van der Waals surface area contributed by atoms with Crippen molar-refractivity contribution in [3.63, 3.8) is 0 Å². The van der Waals surface area contributed by atoms with E-state index in [0.29, 0.717) is 0 Å². The van der Waals surface area contributed by atoms with E-state index in [-0.39, 0.29) is 18.2 Å². The fourth-order valence-corrected chi connectivity index (χ4v) is 4.46. The van der Waals surface area contributed by atoms with Crippen LogP contribution in [0.25, 0.3) is 0 Å². The molecular formula is C19H20N2O3S. The number of rotatable bonds is 2. The number of hydrogen-bond donors (Lipinski definition) is 1. The minimum atomic E-state index is -0.0648. The van der Waals surface area contributed by atoms with Crippen LogP contribution < -0.4 is 14.8 Å². The lowest BCUT2D eigenvalue weighted by atomic mass is 10.1. The number of nitrogens with one attached hydrogen (secondary N) is 1. The molecule has 130 valence electrons. The second-order valence-electron chi connectivity index (χ2n) is 6.23. The molecule has 1 saturated heterocycles. The Morgan fingerprint density at radius 2 is 1.92 bits per heavy atom. The van der Waals surface area contributed by atoms with Crippen molar-refractivity contribution in [3.05, 3.63) is 53.1 Å². The molecular weight excluding hydrogens is 336 g/mol. The molecule has 2 aliphatic heterocycles. The lowest BCUT2D eigenvalue weighted by Gasteiger charge is -2.25. The minimum absolute atomic E-state index is 0.0150. The Morgan fingerprint density at radius 1 is 1.16 bits per heavy atom. The van der Waals surface area contributed by atoms with Crippen molar-refractivity contribution in [1.29, 1.82) is 0 Å². The van der Waals surface area contributed by atoms with Crippen LogP contribution >= 0.6 is 11.8 Å². The molecule has 2 aliphatic rings. The highest BCUT2D eigenvalue weighted by molar-refractivity contribution is 7.99. The Hall–Kier alpha value is -2.34. The lowest BCUT2D eigenvalue weighted by Crippen LogP contribution is -2.34. The zero-order valence-electron chi connectivity index (χ0n) is 14.2. The molecule has 0 aliphatic carbocycles. The Kier molecular flexibility index (Phi) is 4.21. The molecule has 5 nitrogen and oxygen atoms in total. The normalized spacial score (nSPS) is 18.5. The van der Waals surface area contributed by atoms with Gasteiger partial charge in [0, 0.05) is 18.0 Å². The van der Waals surface area contributed by atoms with Gasteiger partial charge in [0.25, 0.3) is 0 Å². The van der Waals surface area contributed by atoms with Crippen LogP contribution in [0.1, 0.15) is 22.1 Å². The number of thioether (sulfide) groups is 1. The third-order valence-electron chi connectivity index (χ3n) is 4.55. The average Bonchev–Trinajstić information content (AvgIpc) is 3.26. The number of benzene rings is 2. The zero-order chi connectivity index (χ0) is 17.4. The van der Waals surface area contributed by atoms with Gasteiger partial charge in [-0.15, -0.1) is 11.8 Å². The molecule has 0 aromatic heterocycles. The van der Waals surface area contributed by atoms with E-state index in [1.165, 1.54) is 0 Å². The summed E-state index contributed by atoms with van der Waals surface area (Å²) in [4.78, 5) is 14.8. The van der Waals surface area contributed by atoms with Crippen LogP contribution in [-0.2, 0) is 0 Å². The fourth-order valence-electron chi connectivity index (χ4n) is 3.21. The van der Waals surface area contributed by atoms with Gasteiger partial charge in [0.15, 0.2) is 11.5 Å². The van der Waals surface area contributed by atoms with Crippen LogP contribution in [0, 0.1) is 13.8 Å². The number of hydrogen-bond acceptors (Lipinski definition) is 4. The van der Waals surface area contributed by atoms with E-state index >= 15 is 0 Å². The summed E-state index contributed by atoms with van der Waals surface area (Å²) in [6.07, 6.45) is 0. The van der Waals surface area contributed by atoms with Gasteiger partial charge in [-0.2, -0.15) is 0 Å².